The molecule has 0 bridgehead atoms. The summed E-state index contributed by atoms with van der Waals surface area (Å²) < 4.78 is 5.23. The number of hydrogen-bond acceptors (Lipinski definition) is 3. The highest BCUT2D eigenvalue weighted by Crippen LogP contribution is 2.23. The minimum atomic E-state index is 0.752. The summed E-state index contributed by atoms with van der Waals surface area (Å²) in [5.41, 5.74) is 4.54. The van der Waals surface area contributed by atoms with Crippen LogP contribution in [0.15, 0.2) is 54.7 Å². The second-order valence-electron chi connectivity index (χ2n) is 5.03. The Morgan fingerprint density at radius 3 is 2.76 bits per heavy atom. The molecule has 0 aliphatic rings. The lowest BCUT2D eigenvalue weighted by molar-refractivity contribution is 0.414. The fraction of sp³-hybridized carbons (Fsp3) is 0.167. The third kappa shape index (κ3) is 2.82. The van der Waals surface area contributed by atoms with Gasteiger partial charge in [0.15, 0.2) is 0 Å². The molecule has 0 saturated heterocycles. The Bertz CT molecular complexity index is 763. The standard InChI is InChI=1S/C18H18N2O/c1-13-11-16(21-2)8-9-17(13)20-12-15-6-3-5-14-7-4-10-19-18(14)15/h3-11,20H,12H2,1-2H3. The molecule has 0 saturated carbocycles. The zero-order valence-electron chi connectivity index (χ0n) is 12.3. The molecule has 21 heavy (non-hydrogen) atoms. The lowest BCUT2D eigenvalue weighted by Crippen LogP contribution is -2.02. The number of anilines is 1. The van der Waals surface area contributed by atoms with E-state index in [1.54, 1.807) is 7.11 Å². The van der Waals surface area contributed by atoms with E-state index in [0.717, 1.165) is 23.5 Å². The highest BCUT2D eigenvalue weighted by Gasteiger charge is 2.04. The van der Waals surface area contributed by atoms with Crippen molar-refractivity contribution in [2.75, 3.05) is 12.4 Å². The van der Waals surface area contributed by atoms with Crippen molar-refractivity contribution in [3.05, 3.63) is 65.9 Å². The van der Waals surface area contributed by atoms with E-state index in [0.29, 0.717) is 0 Å². The second-order valence-corrected chi connectivity index (χ2v) is 5.03. The van der Waals surface area contributed by atoms with Gasteiger partial charge in [-0.3, -0.25) is 4.98 Å². The van der Waals surface area contributed by atoms with Crippen molar-refractivity contribution in [1.29, 1.82) is 0 Å². The second kappa shape index (κ2) is 5.83. The van der Waals surface area contributed by atoms with Gasteiger partial charge in [0.1, 0.15) is 5.75 Å². The van der Waals surface area contributed by atoms with E-state index < -0.39 is 0 Å². The molecule has 3 heteroatoms. The Balaban J connectivity index is 1.84. The molecule has 0 aliphatic carbocycles. The van der Waals surface area contributed by atoms with Crippen LogP contribution in [0.4, 0.5) is 5.69 Å². The topological polar surface area (TPSA) is 34.1 Å². The van der Waals surface area contributed by atoms with Crippen LogP contribution in [-0.4, -0.2) is 12.1 Å². The van der Waals surface area contributed by atoms with Gasteiger partial charge in [-0.25, -0.2) is 0 Å². The molecule has 3 rings (SSSR count). The van der Waals surface area contributed by atoms with Crippen LogP contribution in [0, 0.1) is 6.92 Å². The average Bonchev–Trinajstić information content (AvgIpc) is 2.53. The lowest BCUT2D eigenvalue weighted by Gasteiger charge is -2.12. The number of nitrogens with one attached hydrogen (secondary N) is 1. The summed E-state index contributed by atoms with van der Waals surface area (Å²) in [6, 6.07) is 16.4. The zero-order chi connectivity index (χ0) is 14.7. The molecular weight excluding hydrogens is 260 g/mol. The first-order valence-corrected chi connectivity index (χ1v) is 6.99. The van der Waals surface area contributed by atoms with E-state index in [1.165, 1.54) is 16.5 Å². The molecule has 0 radical (unpaired) electrons. The molecular formula is C18H18N2O. The van der Waals surface area contributed by atoms with Gasteiger partial charge in [0.2, 0.25) is 0 Å². The molecule has 0 unspecified atom stereocenters. The van der Waals surface area contributed by atoms with Crippen LogP contribution in [0.5, 0.6) is 5.75 Å². The molecule has 0 atom stereocenters. The number of ether oxygens (including phenoxy) is 1. The highest BCUT2D eigenvalue weighted by molar-refractivity contribution is 5.81. The number of benzene rings is 2. The first-order valence-electron chi connectivity index (χ1n) is 6.99. The maximum Gasteiger partial charge on any atom is 0.119 e. The van der Waals surface area contributed by atoms with Crippen LogP contribution in [0.2, 0.25) is 0 Å². The molecule has 0 spiro atoms. The minimum Gasteiger partial charge on any atom is -0.497 e. The lowest BCUT2D eigenvalue weighted by atomic mass is 10.1. The molecule has 1 N–H and O–H groups in total. The summed E-state index contributed by atoms with van der Waals surface area (Å²) in [4.78, 5) is 4.48. The summed E-state index contributed by atoms with van der Waals surface area (Å²) in [6.07, 6.45) is 1.84. The van der Waals surface area contributed by atoms with Gasteiger partial charge in [-0.15, -0.1) is 0 Å². The molecule has 2 aromatic carbocycles. The number of nitrogens with zero attached hydrogens (tertiary/aromatic N) is 1. The van der Waals surface area contributed by atoms with Crippen LogP contribution < -0.4 is 10.1 Å². The van der Waals surface area contributed by atoms with Crippen LogP contribution in [0.1, 0.15) is 11.1 Å². The van der Waals surface area contributed by atoms with Crippen molar-refractivity contribution in [2.45, 2.75) is 13.5 Å². The van der Waals surface area contributed by atoms with E-state index in [4.69, 9.17) is 4.74 Å². The predicted octanol–water partition coefficient (Wildman–Crippen LogP) is 4.16. The Morgan fingerprint density at radius 1 is 1.10 bits per heavy atom. The number of methoxy groups -OCH3 is 1. The largest absolute Gasteiger partial charge is 0.497 e. The molecule has 3 aromatic rings. The molecule has 106 valence electrons. The zero-order valence-corrected chi connectivity index (χ0v) is 12.3. The molecule has 3 nitrogen and oxygen atoms in total. The first-order chi connectivity index (χ1) is 10.3. The maximum absolute atomic E-state index is 5.23. The van der Waals surface area contributed by atoms with E-state index in [9.17, 15) is 0 Å². The smallest absolute Gasteiger partial charge is 0.119 e. The number of para-hydroxylation sites is 1. The Morgan fingerprint density at radius 2 is 1.95 bits per heavy atom. The first kappa shape index (κ1) is 13.4. The van der Waals surface area contributed by atoms with Gasteiger partial charge in [-0.1, -0.05) is 24.3 Å². The molecule has 0 fully saturated rings. The summed E-state index contributed by atoms with van der Waals surface area (Å²) in [6.45, 7) is 2.83. The van der Waals surface area contributed by atoms with Crippen molar-refractivity contribution in [1.82, 2.24) is 4.98 Å². The van der Waals surface area contributed by atoms with Gasteiger partial charge in [0.25, 0.3) is 0 Å². The van der Waals surface area contributed by atoms with E-state index in [2.05, 4.69) is 41.5 Å². The van der Waals surface area contributed by atoms with Crippen molar-refractivity contribution < 1.29 is 4.74 Å². The van der Waals surface area contributed by atoms with Crippen LogP contribution in [0.3, 0.4) is 0 Å². The SMILES string of the molecule is COc1ccc(NCc2cccc3cccnc23)c(C)c1. The Labute approximate surface area is 124 Å². The summed E-state index contributed by atoms with van der Waals surface area (Å²) in [5, 5.41) is 4.65. The van der Waals surface area contributed by atoms with E-state index in [-0.39, 0.29) is 0 Å². The number of rotatable bonds is 4. The van der Waals surface area contributed by atoms with Gasteiger partial charge < -0.3 is 10.1 Å². The fourth-order valence-electron chi connectivity index (χ4n) is 2.46. The van der Waals surface area contributed by atoms with E-state index >= 15 is 0 Å². The Hall–Kier alpha value is -2.55. The van der Waals surface area contributed by atoms with Crippen molar-refractivity contribution >= 4 is 16.6 Å². The van der Waals surface area contributed by atoms with Crippen molar-refractivity contribution in [3.63, 3.8) is 0 Å². The van der Waals surface area contributed by atoms with Crippen LogP contribution in [0.25, 0.3) is 10.9 Å². The van der Waals surface area contributed by atoms with Gasteiger partial charge >= 0.3 is 0 Å². The number of aryl methyl sites for hydroxylation is 1. The third-order valence-corrected chi connectivity index (χ3v) is 3.62. The monoisotopic (exact) mass is 278 g/mol. The predicted molar refractivity (Wildman–Crippen MR) is 86.8 cm³/mol. The summed E-state index contributed by atoms with van der Waals surface area (Å²) >= 11 is 0. The maximum atomic E-state index is 5.23. The number of pyridine rings is 1. The molecule has 1 aromatic heterocycles. The molecule has 0 aliphatic heterocycles. The third-order valence-electron chi connectivity index (χ3n) is 3.62. The fourth-order valence-corrected chi connectivity index (χ4v) is 2.46. The quantitative estimate of drug-likeness (QED) is 0.778. The average molecular weight is 278 g/mol. The van der Waals surface area contributed by atoms with Gasteiger partial charge in [-0.05, 0) is 42.3 Å². The van der Waals surface area contributed by atoms with Crippen molar-refractivity contribution in [3.8, 4) is 5.75 Å². The van der Waals surface area contributed by atoms with Crippen LogP contribution in [-0.2, 0) is 6.54 Å². The van der Waals surface area contributed by atoms with Gasteiger partial charge in [0.05, 0.1) is 12.6 Å². The van der Waals surface area contributed by atoms with Crippen LogP contribution >= 0.6 is 0 Å². The van der Waals surface area contributed by atoms with E-state index in [1.807, 2.05) is 30.5 Å². The number of hydrogen-bond donors (Lipinski definition) is 1. The minimum absolute atomic E-state index is 0.752. The number of fused-ring (bicyclic) bond motifs is 1. The summed E-state index contributed by atoms with van der Waals surface area (Å²) in [5.74, 6) is 0.880. The summed E-state index contributed by atoms with van der Waals surface area (Å²) in [7, 11) is 1.68. The number of aromatic nitrogens is 1. The molecule has 1 heterocycles. The highest BCUT2D eigenvalue weighted by atomic mass is 16.5. The van der Waals surface area contributed by atoms with Crippen molar-refractivity contribution in [2.24, 2.45) is 0 Å². The van der Waals surface area contributed by atoms with Gasteiger partial charge in [-0.2, -0.15) is 0 Å². The normalized spacial score (nSPS) is 10.6. The molecule has 0 amide bonds. The van der Waals surface area contributed by atoms with Gasteiger partial charge in [0, 0.05) is 23.8 Å². The Kier molecular flexibility index (Phi) is 3.73.